The molecule has 80 valence electrons. The Morgan fingerprint density at radius 2 is 2.07 bits per heavy atom. The lowest BCUT2D eigenvalue weighted by Gasteiger charge is -2.05. The molecule has 0 bridgehead atoms. The summed E-state index contributed by atoms with van der Waals surface area (Å²) in [5, 5.41) is 1.15. The van der Waals surface area contributed by atoms with Gasteiger partial charge in [0.2, 0.25) is 0 Å². The molecule has 0 radical (unpaired) electrons. The van der Waals surface area contributed by atoms with Crippen LogP contribution in [0.5, 0.6) is 0 Å². The quantitative estimate of drug-likeness (QED) is 0.746. The van der Waals surface area contributed by atoms with E-state index >= 15 is 0 Å². The summed E-state index contributed by atoms with van der Waals surface area (Å²) in [6.07, 6.45) is -0.0561. The fourth-order valence-electron chi connectivity index (χ4n) is 1.34. The van der Waals surface area contributed by atoms with E-state index in [4.69, 9.17) is 4.74 Å². The second-order valence-corrected chi connectivity index (χ2v) is 6.23. The van der Waals surface area contributed by atoms with Gasteiger partial charge in [-0.05, 0) is 32.9 Å². The topological polar surface area (TPSA) is 26.3 Å². The molecule has 0 spiro atoms. The van der Waals surface area contributed by atoms with Crippen LogP contribution in [0.2, 0.25) is 0 Å². The Kier molecular flexibility index (Phi) is 2.80. The molecule has 0 aliphatic carbocycles. The molecule has 2 heterocycles. The van der Waals surface area contributed by atoms with Gasteiger partial charge in [-0.25, -0.2) is 4.79 Å². The van der Waals surface area contributed by atoms with Crippen molar-refractivity contribution < 1.29 is 9.53 Å². The number of rotatable bonds is 2. The first-order valence-corrected chi connectivity index (χ1v) is 6.40. The molecular formula is C11H12O2S2. The summed E-state index contributed by atoms with van der Waals surface area (Å²) < 4.78 is 6.34. The Bertz CT molecular complexity index is 462. The van der Waals surface area contributed by atoms with E-state index in [0.29, 0.717) is 4.88 Å². The van der Waals surface area contributed by atoms with Gasteiger partial charge < -0.3 is 4.74 Å². The van der Waals surface area contributed by atoms with Crippen molar-refractivity contribution in [2.45, 2.75) is 26.9 Å². The summed E-state index contributed by atoms with van der Waals surface area (Å²) in [5.74, 6) is -0.212. The van der Waals surface area contributed by atoms with E-state index in [2.05, 4.69) is 13.0 Å². The third-order valence-corrected chi connectivity index (χ3v) is 4.17. The molecule has 0 aromatic carbocycles. The zero-order chi connectivity index (χ0) is 11.0. The average Bonchev–Trinajstić information content (AvgIpc) is 2.58. The van der Waals surface area contributed by atoms with Crippen LogP contribution in [0.25, 0.3) is 9.40 Å². The second-order valence-electron chi connectivity index (χ2n) is 3.66. The molecule has 0 unspecified atom stereocenters. The minimum absolute atomic E-state index is 0.0561. The highest BCUT2D eigenvalue weighted by molar-refractivity contribution is 7.39. The number of aryl methyl sites for hydroxylation is 1. The smallest absolute Gasteiger partial charge is 0.348 e. The first kappa shape index (κ1) is 10.6. The number of hydrogen-bond acceptors (Lipinski definition) is 4. The minimum Gasteiger partial charge on any atom is -0.459 e. The van der Waals surface area contributed by atoms with Crippen LogP contribution in [0.4, 0.5) is 0 Å². The van der Waals surface area contributed by atoms with E-state index in [1.165, 1.54) is 20.2 Å². The highest BCUT2D eigenvalue weighted by atomic mass is 32.2. The van der Waals surface area contributed by atoms with Gasteiger partial charge >= 0.3 is 5.97 Å². The van der Waals surface area contributed by atoms with Gasteiger partial charge in [-0.3, -0.25) is 0 Å². The SMILES string of the molecule is Cc1cc2cc(C(=O)OC(C)C)sc2s1. The fraction of sp³-hybridized carbons (Fsp3) is 0.364. The number of hydrogen-bond donors (Lipinski definition) is 0. The maximum atomic E-state index is 11.6. The molecule has 0 N–H and O–H groups in total. The van der Waals surface area contributed by atoms with Crippen molar-refractivity contribution in [1.82, 2.24) is 0 Å². The number of thiophene rings is 2. The Hall–Kier alpha value is -0.870. The van der Waals surface area contributed by atoms with Crippen molar-refractivity contribution in [1.29, 1.82) is 0 Å². The van der Waals surface area contributed by atoms with Crippen LogP contribution in [0.3, 0.4) is 0 Å². The van der Waals surface area contributed by atoms with Crippen molar-refractivity contribution >= 4 is 38.0 Å². The molecule has 0 saturated carbocycles. The monoisotopic (exact) mass is 240 g/mol. The van der Waals surface area contributed by atoms with E-state index in [1.54, 1.807) is 11.3 Å². The van der Waals surface area contributed by atoms with Crippen LogP contribution in [0.15, 0.2) is 12.1 Å². The highest BCUT2D eigenvalue weighted by Crippen LogP contribution is 2.33. The van der Waals surface area contributed by atoms with Gasteiger partial charge in [0.25, 0.3) is 0 Å². The van der Waals surface area contributed by atoms with Gasteiger partial charge in [0.15, 0.2) is 0 Å². The lowest BCUT2D eigenvalue weighted by molar-refractivity contribution is 0.0384. The van der Waals surface area contributed by atoms with Crippen molar-refractivity contribution in [2.24, 2.45) is 0 Å². The summed E-state index contributed by atoms with van der Waals surface area (Å²) in [6.45, 7) is 5.79. The molecule has 15 heavy (non-hydrogen) atoms. The zero-order valence-electron chi connectivity index (χ0n) is 8.87. The first-order chi connectivity index (χ1) is 7.06. The van der Waals surface area contributed by atoms with Crippen LogP contribution in [-0.4, -0.2) is 12.1 Å². The third-order valence-electron chi connectivity index (χ3n) is 1.88. The van der Waals surface area contributed by atoms with Gasteiger partial charge in [0.1, 0.15) is 4.88 Å². The zero-order valence-corrected chi connectivity index (χ0v) is 10.5. The molecule has 4 heteroatoms. The molecule has 0 saturated heterocycles. The van der Waals surface area contributed by atoms with Crippen LogP contribution < -0.4 is 0 Å². The van der Waals surface area contributed by atoms with E-state index in [1.807, 2.05) is 19.9 Å². The minimum atomic E-state index is -0.212. The van der Waals surface area contributed by atoms with Crippen molar-refractivity contribution in [2.75, 3.05) is 0 Å². The Morgan fingerprint density at radius 3 is 2.67 bits per heavy atom. The summed E-state index contributed by atoms with van der Waals surface area (Å²) in [7, 11) is 0. The molecule has 0 atom stereocenters. The predicted molar refractivity (Wildman–Crippen MR) is 65.0 cm³/mol. The van der Waals surface area contributed by atoms with Gasteiger partial charge in [-0.1, -0.05) is 0 Å². The predicted octanol–water partition coefficient (Wildman–Crippen LogP) is 3.84. The number of carbonyl (C=O) groups is 1. The molecule has 0 fully saturated rings. The van der Waals surface area contributed by atoms with E-state index in [9.17, 15) is 4.79 Å². The van der Waals surface area contributed by atoms with Crippen LogP contribution in [-0.2, 0) is 4.74 Å². The van der Waals surface area contributed by atoms with Crippen LogP contribution in [0.1, 0.15) is 28.4 Å². The summed E-state index contributed by atoms with van der Waals surface area (Å²) in [5.41, 5.74) is 0. The molecule has 2 aromatic heterocycles. The molecule has 2 rings (SSSR count). The number of esters is 1. The Labute approximate surface area is 96.5 Å². The van der Waals surface area contributed by atoms with Crippen molar-refractivity contribution in [3.05, 3.63) is 21.9 Å². The highest BCUT2D eigenvalue weighted by Gasteiger charge is 2.14. The number of carbonyl (C=O) groups excluding carboxylic acids is 1. The maximum absolute atomic E-state index is 11.6. The first-order valence-electron chi connectivity index (χ1n) is 4.77. The van der Waals surface area contributed by atoms with E-state index in [-0.39, 0.29) is 12.1 Å². The lowest BCUT2D eigenvalue weighted by atomic mass is 10.3. The summed E-state index contributed by atoms with van der Waals surface area (Å²) in [4.78, 5) is 13.6. The van der Waals surface area contributed by atoms with Crippen LogP contribution in [0, 0.1) is 6.92 Å². The molecular weight excluding hydrogens is 228 g/mol. The number of ether oxygens (including phenoxy) is 1. The van der Waals surface area contributed by atoms with Crippen molar-refractivity contribution in [3.8, 4) is 0 Å². The molecule has 2 nitrogen and oxygen atoms in total. The Morgan fingerprint density at radius 1 is 1.33 bits per heavy atom. The van der Waals surface area contributed by atoms with Gasteiger partial charge in [0, 0.05) is 10.3 Å². The van der Waals surface area contributed by atoms with Crippen LogP contribution >= 0.6 is 22.7 Å². The van der Waals surface area contributed by atoms with E-state index < -0.39 is 0 Å². The third kappa shape index (κ3) is 2.21. The van der Waals surface area contributed by atoms with Gasteiger partial charge in [0.05, 0.1) is 10.1 Å². The Balaban J connectivity index is 2.29. The molecule has 0 aliphatic rings. The molecule has 0 aliphatic heterocycles. The van der Waals surface area contributed by atoms with Gasteiger partial charge in [-0.2, -0.15) is 0 Å². The lowest BCUT2D eigenvalue weighted by Crippen LogP contribution is -2.09. The average molecular weight is 240 g/mol. The summed E-state index contributed by atoms with van der Waals surface area (Å²) in [6, 6.07) is 4.01. The van der Waals surface area contributed by atoms with Crippen molar-refractivity contribution in [3.63, 3.8) is 0 Å². The largest absolute Gasteiger partial charge is 0.459 e. The summed E-state index contributed by atoms with van der Waals surface area (Å²) >= 11 is 3.23. The standard InChI is InChI=1S/C11H12O2S2/c1-6(2)13-10(12)9-5-8-4-7(3)14-11(8)15-9/h4-6H,1-3H3. The van der Waals surface area contributed by atoms with E-state index in [0.717, 1.165) is 5.39 Å². The normalized spacial score (nSPS) is 11.2. The number of fused-ring (bicyclic) bond motifs is 1. The maximum Gasteiger partial charge on any atom is 0.348 e. The second kappa shape index (κ2) is 3.94. The fourth-order valence-corrected chi connectivity index (χ4v) is 3.63. The van der Waals surface area contributed by atoms with Gasteiger partial charge in [-0.15, -0.1) is 22.7 Å². The molecule has 2 aromatic rings. The molecule has 0 amide bonds.